The number of aryl methyl sites for hydroxylation is 1. The van der Waals surface area contributed by atoms with Crippen LogP contribution >= 0.6 is 0 Å². The number of amides is 1. The van der Waals surface area contributed by atoms with Crippen LogP contribution in [-0.4, -0.2) is 17.1 Å². The minimum atomic E-state index is -0.239. The van der Waals surface area contributed by atoms with Crippen molar-refractivity contribution in [2.75, 3.05) is 11.9 Å². The van der Waals surface area contributed by atoms with E-state index in [2.05, 4.69) is 12.2 Å². The highest BCUT2D eigenvalue weighted by Crippen LogP contribution is 2.16. The van der Waals surface area contributed by atoms with Crippen LogP contribution in [0.2, 0.25) is 0 Å². The van der Waals surface area contributed by atoms with Crippen LogP contribution in [0.5, 0.6) is 5.75 Å². The van der Waals surface area contributed by atoms with Gasteiger partial charge in [-0.05, 0) is 43.7 Å². The van der Waals surface area contributed by atoms with Crippen LogP contribution in [0.25, 0.3) is 0 Å². The highest BCUT2D eigenvalue weighted by atomic mass is 16.5. The molecule has 122 valence electrons. The summed E-state index contributed by atoms with van der Waals surface area (Å²) in [4.78, 5) is 23.9. The fourth-order valence-corrected chi connectivity index (χ4v) is 2.11. The number of nitrogens with one attached hydrogen (secondary N) is 1. The van der Waals surface area contributed by atoms with Gasteiger partial charge >= 0.3 is 0 Å². The number of unbranched alkanes of at least 4 members (excludes halogenated alkanes) is 1. The number of pyridine rings is 1. The van der Waals surface area contributed by atoms with E-state index in [9.17, 15) is 9.59 Å². The third-order valence-electron chi connectivity index (χ3n) is 3.43. The van der Waals surface area contributed by atoms with Gasteiger partial charge < -0.3 is 14.6 Å². The molecular formula is C18H22N2O3. The normalized spacial score (nSPS) is 10.3. The lowest BCUT2D eigenvalue weighted by molar-refractivity contribution is -0.116. The topological polar surface area (TPSA) is 60.3 Å². The lowest BCUT2D eigenvalue weighted by Crippen LogP contribution is -2.28. The number of aromatic nitrogens is 1. The summed E-state index contributed by atoms with van der Waals surface area (Å²) in [6.45, 7) is 4.53. The Bertz CT molecular complexity index is 705. The Morgan fingerprint density at radius 1 is 1.22 bits per heavy atom. The van der Waals surface area contributed by atoms with E-state index in [1.807, 2.05) is 12.1 Å². The van der Waals surface area contributed by atoms with Crippen LogP contribution in [0.15, 0.2) is 47.4 Å². The Balaban J connectivity index is 1.92. The van der Waals surface area contributed by atoms with Crippen LogP contribution in [0.3, 0.4) is 0 Å². The number of benzene rings is 1. The number of ether oxygens (including phenoxy) is 1. The smallest absolute Gasteiger partial charge is 0.253 e. The molecule has 1 aromatic carbocycles. The molecule has 5 nitrogen and oxygen atoms in total. The molecular weight excluding hydrogens is 292 g/mol. The summed E-state index contributed by atoms with van der Waals surface area (Å²) in [6.07, 6.45) is 3.72. The van der Waals surface area contributed by atoms with E-state index < -0.39 is 0 Å². The van der Waals surface area contributed by atoms with Crippen LogP contribution in [0, 0.1) is 6.92 Å². The molecule has 0 saturated heterocycles. The Kier molecular flexibility index (Phi) is 5.97. The standard InChI is InChI=1S/C18H22N2O3/c1-3-4-12-23-16-9-7-15(8-10-16)19-17(21)13-20-11-5-6-14(2)18(20)22/h5-11H,3-4,12-13H2,1-2H3,(H,19,21). The largest absolute Gasteiger partial charge is 0.494 e. The van der Waals surface area contributed by atoms with Crippen molar-refractivity contribution in [3.8, 4) is 5.75 Å². The van der Waals surface area contributed by atoms with Crippen LogP contribution in [0.1, 0.15) is 25.3 Å². The van der Waals surface area contributed by atoms with Gasteiger partial charge in [-0.15, -0.1) is 0 Å². The van der Waals surface area contributed by atoms with E-state index in [1.165, 1.54) is 4.57 Å². The maximum absolute atomic E-state index is 12.0. The summed E-state index contributed by atoms with van der Waals surface area (Å²) in [6, 6.07) is 10.7. The predicted molar refractivity (Wildman–Crippen MR) is 90.9 cm³/mol. The predicted octanol–water partition coefficient (Wildman–Crippen LogP) is 2.97. The summed E-state index contributed by atoms with van der Waals surface area (Å²) >= 11 is 0. The molecule has 1 amide bonds. The number of hydrogen-bond acceptors (Lipinski definition) is 3. The molecule has 0 spiro atoms. The zero-order valence-corrected chi connectivity index (χ0v) is 13.5. The van der Waals surface area contributed by atoms with Crippen LogP contribution in [-0.2, 0) is 11.3 Å². The van der Waals surface area contributed by atoms with E-state index in [-0.39, 0.29) is 18.0 Å². The van der Waals surface area contributed by atoms with E-state index in [4.69, 9.17) is 4.74 Å². The van der Waals surface area contributed by atoms with E-state index in [1.54, 1.807) is 37.4 Å². The van der Waals surface area contributed by atoms with Crippen molar-refractivity contribution in [3.63, 3.8) is 0 Å². The molecule has 0 fully saturated rings. The van der Waals surface area contributed by atoms with Gasteiger partial charge in [0.2, 0.25) is 5.91 Å². The average Bonchev–Trinajstić information content (AvgIpc) is 2.54. The molecule has 2 aromatic rings. The Morgan fingerprint density at radius 2 is 1.96 bits per heavy atom. The first-order chi connectivity index (χ1) is 11.1. The van der Waals surface area contributed by atoms with E-state index in [0.717, 1.165) is 18.6 Å². The molecule has 0 aliphatic carbocycles. The molecule has 0 saturated carbocycles. The SMILES string of the molecule is CCCCOc1ccc(NC(=O)Cn2cccc(C)c2=O)cc1. The minimum Gasteiger partial charge on any atom is -0.494 e. The molecule has 0 bridgehead atoms. The third-order valence-corrected chi connectivity index (χ3v) is 3.43. The second kappa shape index (κ2) is 8.17. The Labute approximate surface area is 135 Å². The molecule has 1 heterocycles. The van der Waals surface area contributed by atoms with Crippen molar-refractivity contribution in [1.82, 2.24) is 4.57 Å². The first-order valence-electron chi connectivity index (χ1n) is 7.79. The van der Waals surface area contributed by atoms with Crippen molar-refractivity contribution < 1.29 is 9.53 Å². The number of carbonyl (C=O) groups is 1. The Morgan fingerprint density at radius 3 is 2.65 bits per heavy atom. The lowest BCUT2D eigenvalue weighted by Gasteiger charge is -2.09. The molecule has 1 N–H and O–H groups in total. The third kappa shape index (κ3) is 4.98. The number of anilines is 1. The summed E-state index contributed by atoms with van der Waals surface area (Å²) < 4.78 is 6.97. The lowest BCUT2D eigenvalue weighted by atomic mass is 10.3. The summed E-state index contributed by atoms with van der Waals surface area (Å²) in [7, 11) is 0. The van der Waals surface area contributed by atoms with Crippen molar-refractivity contribution in [3.05, 3.63) is 58.5 Å². The Hall–Kier alpha value is -2.56. The van der Waals surface area contributed by atoms with Gasteiger partial charge in [0.25, 0.3) is 5.56 Å². The highest BCUT2D eigenvalue weighted by molar-refractivity contribution is 5.90. The quantitative estimate of drug-likeness (QED) is 0.799. The van der Waals surface area contributed by atoms with Gasteiger partial charge in [0.05, 0.1) is 6.61 Å². The summed E-state index contributed by atoms with van der Waals surface area (Å²) in [5.74, 6) is 0.545. The number of nitrogens with zero attached hydrogens (tertiary/aromatic N) is 1. The van der Waals surface area contributed by atoms with Crippen LogP contribution < -0.4 is 15.6 Å². The number of rotatable bonds is 7. The summed E-state index contributed by atoms with van der Waals surface area (Å²) in [5, 5.41) is 2.78. The summed E-state index contributed by atoms with van der Waals surface area (Å²) in [5.41, 5.74) is 1.15. The van der Waals surface area contributed by atoms with E-state index >= 15 is 0 Å². The van der Waals surface area contributed by atoms with Gasteiger partial charge in [-0.25, -0.2) is 0 Å². The van der Waals surface area contributed by atoms with Gasteiger partial charge in [-0.1, -0.05) is 19.4 Å². The maximum Gasteiger partial charge on any atom is 0.253 e. The van der Waals surface area contributed by atoms with Crippen molar-refractivity contribution in [2.24, 2.45) is 0 Å². The molecule has 0 atom stereocenters. The molecule has 0 aliphatic rings. The molecule has 0 unspecified atom stereocenters. The van der Waals surface area contributed by atoms with Gasteiger partial charge in [-0.3, -0.25) is 9.59 Å². The monoisotopic (exact) mass is 314 g/mol. The van der Waals surface area contributed by atoms with E-state index in [0.29, 0.717) is 17.9 Å². The van der Waals surface area contributed by atoms with Crippen molar-refractivity contribution in [2.45, 2.75) is 33.2 Å². The van der Waals surface area contributed by atoms with Crippen LogP contribution in [0.4, 0.5) is 5.69 Å². The number of carbonyl (C=O) groups excluding carboxylic acids is 1. The molecule has 5 heteroatoms. The van der Waals surface area contributed by atoms with Gasteiger partial charge in [0.1, 0.15) is 12.3 Å². The minimum absolute atomic E-state index is 0.00470. The molecule has 1 aromatic heterocycles. The molecule has 0 aliphatic heterocycles. The van der Waals surface area contributed by atoms with Gasteiger partial charge in [0, 0.05) is 17.4 Å². The fraction of sp³-hybridized carbons (Fsp3) is 0.333. The fourth-order valence-electron chi connectivity index (χ4n) is 2.11. The second-order valence-electron chi connectivity index (χ2n) is 5.40. The first kappa shape index (κ1) is 16.8. The zero-order valence-electron chi connectivity index (χ0n) is 13.5. The van der Waals surface area contributed by atoms with Crippen molar-refractivity contribution in [1.29, 1.82) is 0 Å². The van der Waals surface area contributed by atoms with Crippen molar-refractivity contribution >= 4 is 11.6 Å². The van der Waals surface area contributed by atoms with Gasteiger partial charge in [-0.2, -0.15) is 0 Å². The second-order valence-corrected chi connectivity index (χ2v) is 5.40. The highest BCUT2D eigenvalue weighted by Gasteiger charge is 2.06. The first-order valence-corrected chi connectivity index (χ1v) is 7.79. The maximum atomic E-state index is 12.0. The molecule has 2 rings (SSSR count). The molecule has 0 radical (unpaired) electrons. The number of hydrogen-bond donors (Lipinski definition) is 1. The zero-order chi connectivity index (χ0) is 16.7. The average molecular weight is 314 g/mol. The van der Waals surface area contributed by atoms with Gasteiger partial charge in [0.15, 0.2) is 0 Å². The molecule has 23 heavy (non-hydrogen) atoms.